The Kier molecular flexibility index (Phi) is 3.97. The monoisotopic (exact) mass is 293 g/mol. The summed E-state index contributed by atoms with van der Waals surface area (Å²) in [5.74, 6) is 0.308. The molecule has 2 N–H and O–H groups in total. The average molecular weight is 294 g/mol. The van der Waals surface area contributed by atoms with Crippen LogP contribution in [0.1, 0.15) is 17.0 Å². The maximum Gasteiger partial charge on any atom is 0.0632 e. The Bertz CT molecular complexity index is 493. The first-order chi connectivity index (χ1) is 8.20. The number of rotatable bonds is 4. The van der Waals surface area contributed by atoms with Crippen molar-refractivity contribution in [3.05, 3.63) is 52.3 Å². The minimum absolute atomic E-state index is 0.308. The van der Waals surface area contributed by atoms with Gasteiger partial charge in [-0.05, 0) is 34.0 Å². The fourth-order valence-corrected chi connectivity index (χ4v) is 2.34. The van der Waals surface area contributed by atoms with Crippen LogP contribution in [0.4, 0.5) is 0 Å². The number of hydrogen-bond acceptors (Lipinski definition) is 2. The van der Waals surface area contributed by atoms with Crippen LogP contribution < -0.4 is 5.73 Å². The Labute approximate surface area is 110 Å². The summed E-state index contributed by atoms with van der Waals surface area (Å²) in [5, 5.41) is 4.27. The van der Waals surface area contributed by atoms with Gasteiger partial charge in [0.15, 0.2) is 0 Å². The maximum absolute atomic E-state index is 5.88. The quantitative estimate of drug-likeness (QED) is 0.942. The smallest absolute Gasteiger partial charge is 0.0632 e. The second-order valence-corrected chi connectivity index (χ2v) is 5.09. The van der Waals surface area contributed by atoms with Gasteiger partial charge in [-0.2, -0.15) is 5.10 Å². The fraction of sp³-hybridized carbons (Fsp3) is 0.308. The summed E-state index contributed by atoms with van der Waals surface area (Å²) in [6.07, 6.45) is 3.77. The van der Waals surface area contributed by atoms with Crippen LogP contribution in [0.3, 0.4) is 0 Å². The molecule has 0 fully saturated rings. The van der Waals surface area contributed by atoms with Crippen molar-refractivity contribution >= 4 is 15.9 Å². The number of aryl methyl sites for hydroxylation is 1. The lowest BCUT2D eigenvalue weighted by Crippen LogP contribution is -2.19. The zero-order chi connectivity index (χ0) is 12.3. The van der Waals surface area contributed by atoms with Gasteiger partial charge < -0.3 is 5.73 Å². The molecule has 2 rings (SSSR count). The van der Waals surface area contributed by atoms with Crippen LogP contribution in [0.25, 0.3) is 0 Å². The van der Waals surface area contributed by atoms with E-state index in [9.17, 15) is 0 Å². The molecule has 3 nitrogen and oxygen atoms in total. The third-order valence-electron chi connectivity index (χ3n) is 2.92. The summed E-state index contributed by atoms with van der Waals surface area (Å²) < 4.78 is 2.92. The predicted octanol–water partition coefficient (Wildman–Crippen LogP) is 2.70. The Hall–Kier alpha value is -1.13. The van der Waals surface area contributed by atoms with E-state index in [0.29, 0.717) is 12.5 Å². The van der Waals surface area contributed by atoms with Gasteiger partial charge in [0.1, 0.15) is 0 Å². The van der Waals surface area contributed by atoms with Crippen LogP contribution >= 0.6 is 15.9 Å². The molecule has 1 heterocycles. The molecule has 0 saturated carbocycles. The molecule has 90 valence electrons. The number of halogens is 1. The predicted molar refractivity (Wildman–Crippen MR) is 72.9 cm³/mol. The molecule has 1 aromatic heterocycles. The van der Waals surface area contributed by atoms with Gasteiger partial charge in [-0.15, -0.1) is 0 Å². The van der Waals surface area contributed by atoms with E-state index in [1.54, 1.807) is 6.20 Å². The van der Waals surface area contributed by atoms with Crippen molar-refractivity contribution < 1.29 is 0 Å². The zero-order valence-electron chi connectivity index (χ0n) is 9.81. The summed E-state index contributed by atoms with van der Waals surface area (Å²) in [6, 6.07) is 8.38. The van der Waals surface area contributed by atoms with Gasteiger partial charge >= 0.3 is 0 Å². The fourth-order valence-electron chi connectivity index (χ4n) is 2.01. The van der Waals surface area contributed by atoms with Crippen molar-refractivity contribution in [3.63, 3.8) is 0 Å². The van der Waals surface area contributed by atoms with Crippen LogP contribution in [0, 0.1) is 6.92 Å². The molecule has 1 atom stereocenters. The van der Waals surface area contributed by atoms with E-state index in [1.807, 2.05) is 10.9 Å². The SMILES string of the molecule is Cc1ccccc1C(CN)Cn1cc(Br)cn1. The van der Waals surface area contributed by atoms with E-state index in [0.717, 1.165) is 11.0 Å². The van der Waals surface area contributed by atoms with E-state index < -0.39 is 0 Å². The molecule has 0 amide bonds. The summed E-state index contributed by atoms with van der Waals surface area (Å²) in [4.78, 5) is 0. The van der Waals surface area contributed by atoms with Gasteiger partial charge in [-0.1, -0.05) is 24.3 Å². The molecule has 2 aromatic rings. The first-order valence-corrected chi connectivity index (χ1v) is 6.43. The van der Waals surface area contributed by atoms with E-state index in [4.69, 9.17) is 5.73 Å². The first-order valence-electron chi connectivity index (χ1n) is 5.64. The van der Waals surface area contributed by atoms with Gasteiger partial charge in [0, 0.05) is 25.2 Å². The highest BCUT2D eigenvalue weighted by Crippen LogP contribution is 2.21. The largest absolute Gasteiger partial charge is 0.330 e. The molecule has 0 spiro atoms. The second-order valence-electron chi connectivity index (χ2n) is 4.17. The van der Waals surface area contributed by atoms with Crippen molar-refractivity contribution in [3.8, 4) is 0 Å². The highest BCUT2D eigenvalue weighted by Gasteiger charge is 2.12. The van der Waals surface area contributed by atoms with Crippen LogP contribution in [0.15, 0.2) is 41.1 Å². The molecule has 0 aliphatic heterocycles. The number of hydrogen-bond donors (Lipinski definition) is 1. The normalized spacial score (nSPS) is 12.6. The third kappa shape index (κ3) is 2.96. The van der Waals surface area contributed by atoms with Gasteiger partial charge in [-0.25, -0.2) is 0 Å². The summed E-state index contributed by atoms with van der Waals surface area (Å²) in [5.41, 5.74) is 8.47. The van der Waals surface area contributed by atoms with Crippen LogP contribution in [-0.2, 0) is 6.54 Å². The molecule has 0 bridgehead atoms. The molecular formula is C13H16BrN3. The number of aromatic nitrogens is 2. The van der Waals surface area contributed by atoms with Crippen molar-refractivity contribution in [2.75, 3.05) is 6.54 Å². The maximum atomic E-state index is 5.88. The molecule has 0 radical (unpaired) electrons. The topological polar surface area (TPSA) is 43.8 Å². The van der Waals surface area contributed by atoms with Gasteiger partial charge in [0.2, 0.25) is 0 Å². The molecule has 1 aromatic carbocycles. The van der Waals surface area contributed by atoms with Crippen molar-refractivity contribution in [2.45, 2.75) is 19.4 Å². The van der Waals surface area contributed by atoms with Crippen molar-refractivity contribution in [1.29, 1.82) is 0 Å². The Balaban J connectivity index is 2.20. The van der Waals surface area contributed by atoms with E-state index in [2.05, 4.69) is 52.2 Å². The Morgan fingerprint density at radius 1 is 1.41 bits per heavy atom. The third-order valence-corrected chi connectivity index (χ3v) is 3.33. The minimum Gasteiger partial charge on any atom is -0.330 e. The molecular weight excluding hydrogens is 278 g/mol. The second kappa shape index (κ2) is 5.47. The summed E-state index contributed by atoms with van der Waals surface area (Å²) >= 11 is 3.40. The average Bonchev–Trinajstić information content (AvgIpc) is 2.73. The lowest BCUT2D eigenvalue weighted by molar-refractivity contribution is 0.519. The standard InChI is InChI=1S/C13H16BrN3/c1-10-4-2-3-5-13(10)11(6-15)8-17-9-12(14)7-16-17/h2-5,7,9,11H,6,8,15H2,1H3. The summed E-state index contributed by atoms with van der Waals surface area (Å²) in [6.45, 7) is 3.56. The van der Waals surface area contributed by atoms with E-state index in [-0.39, 0.29) is 0 Å². The summed E-state index contributed by atoms with van der Waals surface area (Å²) in [7, 11) is 0. The zero-order valence-corrected chi connectivity index (χ0v) is 11.4. The molecule has 1 unspecified atom stereocenters. The highest BCUT2D eigenvalue weighted by molar-refractivity contribution is 9.10. The lowest BCUT2D eigenvalue weighted by Gasteiger charge is -2.17. The highest BCUT2D eigenvalue weighted by atomic mass is 79.9. The molecule has 17 heavy (non-hydrogen) atoms. The number of benzene rings is 1. The van der Waals surface area contributed by atoms with Crippen LogP contribution in [0.2, 0.25) is 0 Å². The van der Waals surface area contributed by atoms with Crippen LogP contribution in [-0.4, -0.2) is 16.3 Å². The van der Waals surface area contributed by atoms with Crippen molar-refractivity contribution in [1.82, 2.24) is 9.78 Å². The minimum atomic E-state index is 0.308. The Morgan fingerprint density at radius 3 is 2.76 bits per heavy atom. The Morgan fingerprint density at radius 2 is 2.18 bits per heavy atom. The van der Waals surface area contributed by atoms with Gasteiger partial charge in [0.25, 0.3) is 0 Å². The first kappa shape index (κ1) is 12.3. The van der Waals surface area contributed by atoms with E-state index in [1.165, 1.54) is 11.1 Å². The molecule has 0 aliphatic carbocycles. The number of nitrogens with zero attached hydrogens (tertiary/aromatic N) is 2. The van der Waals surface area contributed by atoms with Gasteiger partial charge in [0.05, 0.1) is 10.7 Å². The molecule has 0 aliphatic rings. The lowest BCUT2D eigenvalue weighted by atomic mass is 9.95. The van der Waals surface area contributed by atoms with E-state index >= 15 is 0 Å². The van der Waals surface area contributed by atoms with Crippen molar-refractivity contribution in [2.24, 2.45) is 5.73 Å². The molecule has 0 saturated heterocycles. The number of nitrogens with two attached hydrogens (primary N) is 1. The molecule has 4 heteroatoms. The van der Waals surface area contributed by atoms with Crippen LogP contribution in [0.5, 0.6) is 0 Å². The van der Waals surface area contributed by atoms with Gasteiger partial charge in [-0.3, -0.25) is 4.68 Å².